The van der Waals surface area contributed by atoms with Crippen LogP contribution in [0.3, 0.4) is 0 Å². The number of hydrogen-bond donors (Lipinski definition) is 1. The number of hydrogen-bond acceptors (Lipinski definition) is 4. The molecule has 1 atom stereocenters. The van der Waals surface area contributed by atoms with Gasteiger partial charge in [-0.1, -0.05) is 48.5 Å². The third kappa shape index (κ3) is 4.39. The van der Waals surface area contributed by atoms with Crippen molar-refractivity contribution in [1.29, 1.82) is 0 Å². The number of anilines is 1. The van der Waals surface area contributed by atoms with Crippen LogP contribution < -0.4 is 5.32 Å². The van der Waals surface area contributed by atoms with Crippen LogP contribution in [-0.4, -0.2) is 36.8 Å². The van der Waals surface area contributed by atoms with Crippen LogP contribution >= 0.6 is 11.8 Å². The van der Waals surface area contributed by atoms with Gasteiger partial charge in [0, 0.05) is 16.5 Å². The number of carbonyl (C=O) groups is 1. The zero-order chi connectivity index (χ0) is 17.0. The van der Waals surface area contributed by atoms with Gasteiger partial charge in [-0.25, -0.2) is 8.42 Å². The van der Waals surface area contributed by atoms with Gasteiger partial charge in [-0.3, -0.25) is 4.79 Å². The molecule has 0 aliphatic carbocycles. The second-order valence-corrected chi connectivity index (χ2v) is 9.31. The Bertz CT molecular complexity index is 819. The molecule has 1 saturated heterocycles. The first kappa shape index (κ1) is 17.0. The average Bonchev–Trinajstić information content (AvgIpc) is 2.93. The lowest BCUT2D eigenvalue weighted by Crippen LogP contribution is -2.17. The second kappa shape index (κ2) is 7.40. The highest BCUT2D eigenvalue weighted by Gasteiger charge is 2.28. The van der Waals surface area contributed by atoms with Crippen molar-refractivity contribution in [2.45, 2.75) is 11.7 Å². The van der Waals surface area contributed by atoms with Gasteiger partial charge in [0.1, 0.15) is 0 Å². The van der Waals surface area contributed by atoms with Gasteiger partial charge in [0.25, 0.3) is 0 Å². The smallest absolute Gasteiger partial charge is 0.234 e. The molecule has 1 aliphatic rings. The lowest BCUT2D eigenvalue weighted by Gasteiger charge is -2.12. The van der Waals surface area contributed by atoms with Crippen molar-refractivity contribution in [3.63, 3.8) is 0 Å². The number of sulfone groups is 1. The Kier molecular flexibility index (Phi) is 5.26. The highest BCUT2D eigenvalue weighted by molar-refractivity contribution is 8.02. The van der Waals surface area contributed by atoms with Crippen LogP contribution in [0.1, 0.15) is 6.42 Å². The molecular formula is C18H19NO3S2. The number of carbonyl (C=O) groups excluding carboxylic acids is 1. The van der Waals surface area contributed by atoms with Crippen LogP contribution in [0.5, 0.6) is 0 Å². The standard InChI is InChI=1S/C18H19NO3S2/c20-18(12-23-15-10-11-24(21,22)13-15)19-17-9-5-4-8-16(17)14-6-2-1-3-7-14/h1-9,15H,10-13H2,(H,19,20). The molecule has 2 aromatic carbocycles. The minimum Gasteiger partial charge on any atom is -0.325 e. The third-order valence-corrected chi connectivity index (χ3v) is 7.21. The summed E-state index contributed by atoms with van der Waals surface area (Å²) in [5, 5.41) is 2.98. The van der Waals surface area contributed by atoms with Gasteiger partial charge in [0.05, 0.1) is 17.3 Å². The van der Waals surface area contributed by atoms with Crippen molar-refractivity contribution in [1.82, 2.24) is 0 Å². The zero-order valence-corrected chi connectivity index (χ0v) is 14.8. The fourth-order valence-corrected chi connectivity index (χ4v) is 6.18. The van der Waals surface area contributed by atoms with E-state index in [1.807, 2.05) is 54.6 Å². The molecule has 24 heavy (non-hydrogen) atoms. The van der Waals surface area contributed by atoms with Gasteiger partial charge >= 0.3 is 0 Å². The van der Waals surface area contributed by atoms with E-state index in [1.165, 1.54) is 11.8 Å². The number of nitrogens with one attached hydrogen (secondary N) is 1. The van der Waals surface area contributed by atoms with Crippen molar-refractivity contribution in [2.75, 3.05) is 22.6 Å². The summed E-state index contributed by atoms with van der Waals surface area (Å²) < 4.78 is 22.9. The highest BCUT2D eigenvalue weighted by atomic mass is 32.2. The first-order valence-corrected chi connectivity index (χ1v) is 10.7. The van der Waals surface area contributed by atoms with Crippen molar-refractivity contribution in [2.24, 2.45) is 0 Å². The summed E-state index contributed by atoms with van der Waals surface area (Å²) in [5.41, 5.74) is 2.79. The number of benzene rings is 2. The van der Waals surface area contributed by atoms with Gasteiger partial charge in [-0.15, -0.1) is 11.8 Å². The normalized spacial score (nSPS) is 19.1. The zero-order valence-electron chi connectivity index (χ0n) is 13.1. The molecule has 3 rings (SSSR count). The van der Waals surface area contributed by atoms with E-state index in [2.05, 4.69) is 5.32 Å². The number of para-hydroxylation sites is 1. The van der Waals surface area contributed by atoms with Crippen molar-refractivity contribution in [3.8, 4) is 11.1 Å². The first-order valence-electron chi connectivity index (χ1n) is 7.80. The van der Waals surface area contributed by atoms with Crippen LogP contribution in [0, 0.1) is 0 Å². The maximum atomic E-state index is 12.2. The Morgan fingerprint density at radius 3 is 2.50 bits per heavy atom. The van der Waals surface area contributed by atoms with Gasteiger partial charge in [0.2, 0.25) is 5.91 Å². The molecular weight excluding hydrogens is 342 g/mol. The summed E-state index contributed by atoms with van der Waals surface area (Å²) in [7, 11) is -2.90. The lowest BCUT2D eigenvalue weighted by molar-refractivity contribution is -0.113. The average molecular weight is 361 g/mol. The number of amides is 1. The summed E-state index contributed by atoms with van der Waals surface area (Å²) in [6.45, 7) is 0. The van der Waals surface area contributed by atoms with Gasteiger partial charge < -0.3 is 5.32 Å². The molecule has 4 nitrogen and oxygen atoms in total. The van der Waals surface area contributed by atoms with Crippen LogP contribution in [0.2, 0.25) is 0 Å². The van der Waals surface area contributed by atoms with E-state index < -0.39 is 9.84 Å². The fourth-order valence-electron chi connectivity index (χ4n) is 2.73. The monoisotopic (exact) mass is 361 g/mol. The van der Waals surface area contributed by atoms with E-state index in [4.69, 9.17) is 0 Å². The molecule has 0 saturated carbocycles. The maximum absolute atomic E-state index is 12.2. The minimum atomic E-state index is -2.90. The third-order valence-electron chi connectivity index (χ3n) is 3.93. The maximum Gasteiger partial charge on any atom is 0.234 e. The molecule has 1 N–H and O–H groups in total. The number of rotatable bonds is 5. The molecule has 0 bridgehead atoms. The first-order chi connectivity index (χ1) is 11.5. The van der Waals surface area contributed by atoms with Crippen molar-refractivity contribution >= 4 is 33.2 Å². The lowest BCUT2D eigenvalue weighted by atomic mass is 10.0. The second-order valence-electron chi connectivity index (χ2n) is 5.80. The van der Waals surface area contributed by atoms with E-state index in [-0.39, 0.29) is 28.4 Å². The minimum absolute atomic E-state index is 0.0325. The van der Waals surface area contributed by atoms with Gasteiger partial charge in [-0.2, -0.15) is 0 Å². The van der Waals surface area contributed by atoms with Gasteiger partial charge in [-0.05, 0) is 18.1 Å². The molecule has 2 aromatic rings. The fraction of sp³-hybridized carbons (Fsp3) is 0.278. The van der Waals surface area contributed by atoms with Crippen molar-refractivity contribution in [3.05, 3.63) is 54.6 Å². The quantitative estimate of drug-likeness (QED) is 0.888. The van der Waals surface area contributed by atoms with E-state index >= 15 is 0 Å². The van der Waals surface area contributed by atoms with Crippen LogP contribution in [0.25, 0.3) is 11.1 Å². The molecule has 1 heterocycles. The Balaban J connectivity index is 1.63. The SMILES string of the molecule is O=C(CSC1CCS(=O)(=O)C1)Nc1ccccc1-c1ccccc1. The molecule has 1 unspecified atom stereocenters. The predicted molar refractivity (Wildman–Crippen MR) is 100 cm³/mol. The van der Waals surface area contributed by atoms with Gasteiger partial charge in [0.15, 0.2) is 9.84 Å². The Morgan fingerprint density at radius 1 is 1.08 bits per heavy atom. The molecule has 0 radical (unpaired) electrons. The van der Waals surface area contributed by atoms with Crippen LogP contribution in [0.15, 0.2) is 54.6 Å². The molecule has 6 heteroatoms. The summed E-state index contributed by atoms with van der Waals surface area (Å²) in [4.78, 5) is 12.2. The molecule has 1 fully saturated rings. The topological polar surface area (TPSA) is 63.2 Å². The summed E-state index contributed by atoms with van der Waals surface area (Å²) in [5.74, 6) is 0.588. The van der Waals surface area contributed by atoms with E-state index in [0.717, 1.165) is 16.8 Å². The molecule has 1 aliphatic heterocycles. The summed E-state index contributed by atoms with van der Waals surface area (Å²) in [6, 6.07) is 17.6. The summed E-state index contributed by atoms with van der Waals surface area (Å²) in [6.07, 6.45) is 0.640. The van der Waals surface area contributed by atoms with Crippen molar-refractivity contribution < 1.29 is 13.2 Å². The summed E-state index contributed by atoms with van der Waals surface area (Å²) >= 11 is 1.42. The molecule has 0 spiro atoms. The number of thioether (sulfide) groups is 1. The molecule has 0 aromatic heterocycles. The predicted octanol–water partition coefficient (Wildman–Crippen LogP) is 3.21. The van der Waals surface area contributed by atoms with E-state index in [9.17, 15) is 13.2 Å². The van der Waals surface area contributed by atoms with Crippen LogP contribution in [0.4, 0.5) is 5.69 Å². The molecule has 1 amide bonds. The highest BCUT2D eigenvalue weighted by Crippen LogP contribution is 2.28. The molecule has 126 valence electrons. The van der Waals surface area contributed by atoms with Crippen LogP contribution in [-0.2, 0) is 14.6 Å². The Hall–Kier alpha value is -1.79. The van der Waals surface area contributed by atoms with E-state index in [0.29, 0.717) is 6.42 Å². The Labute approximate surface area is 146 Å². The Morgan fingerprint density at radius 2 is 1.79 bits per heavy atom. The largest absolute Gasteiger partial charge is 0.325 e. The van der Waals surface area contributed by atoms with E-state index in [1.54, 1.807) is 0 Å².